The van der Waals surface area contributed by atoms with Crippen LogP contribution in [0.3, 0.4) is 0 Å². The highest BCUT2D eigenvalue weighted by Gasteiger charge is 2.39. The smallest absolute Gasteiger partial charge is 0.261 e. The highest BCUT2D eigenvalue weighted by Crippen LogP contribution is 2.42. The molecule has 2 heterocycles. The predicted molar refractivity (Wildman–Crippen MR) is 173 cm³/mol. The summed E-state index contributed by atoms with van der Waals surface area (Å²) in [6, 6.07) is 30.8. The fourth-order valence-electron chi connectivity index (χ4n) is 6.24. The van der Waals surface area contributed by atoms with Gasteiger partial charge in [-0.2, -0.15) is 0 Å². The van der Waals surface area contributed by atoms with Crippen LogP contribution in [0.1, 0.15) is 62.3 Å². The Balaban J connectivity index is 1.25. The minimum atomic E-state index is -0.575. The molecular formula is C38H38N2O5. The van der Waals surface area contributed by atoms with Crippen molar-refractivity contribution in [1.29, 1.82) is 0 Å². The van der Waals surface area contributed by atoms with Crippen molar-refractivity contribution >= 4 is 11.8 Å². The van der Waals surface area contributed by atoms with Crippen LogP contribution in [0.5, 0.6) is 0 Å². The summed E-state index contributed by atoms with van der Waals surface area (Å²) < 4.78 is 13.2. The van der Waals surface area contributed by atoms with Gasteiger partial charge in [0.1, 0.15) is 0 Å². The number of carbonyl (C=O) groups excluding carboxylic acids is 2. The lowest BCUT2D eigenvalue weighted by Crippen LogP contribution is -2.43. The second kappa shape index (κ2) is 13.3. The van der Waals surface area contributed by atoms with Crippen LogP contribution in [-0.4, -0.2) is 53.0 Å². The lowest BCUT2D eigenvalue weighted by atomic mass is 9.90. The number of amides is 2. The normalized spacial score (nSPS) is 21.3. The molecule has 230 valence electrons. The summed E-state index contributed by atoms with van der Waals surface area (Å²) >= 11 is 0. The molecule has 0 bridgehead atoms. The number of imide groups is 1. The van der Waals surface area contributed by atoms with Crippen LogP contribution < -0.4 is 0 Å². The molecule has 1 fully saturated rings. The van der Waals surface area contributed by atoms with Crippen molar-refractivity contribution in [1.82, 2.24) is 9.80 Å². The first kappa shape index (κ1) is 30.6. The molecule has 0 radical (unpaired) electrons. The van der Waals surface area contributed by atoms with E-state index in [1.54, 1.807) is 24.3 Å². The lowest BCUT2D eigenvalue weighted by Gasteiger charge is -2.42. The van der Waals surface area contributed by atoms with Crippen molar-refractivity contribution in [2.45, 2.75) is 38.6 Å². The van der Waals surface area contributed by atoms with E-state index >= 15 is 0 Å². The van der Waals surface area contributed by atoms with Crippen molar-refractivity contribution in [2.75, 3.05) is 20.1 Å². The van der Waals surface area contributed by atoms with Crippen LogP contribution in [0.4, 0.5) is 0 Å². The van der Waals surface area contributed by atoms with Gasteiger partial charge in [-0.05, 0) is 47.0 Å². The minimum Gasteiger partial charge on any atom is -0.392 e. The van der Waals surface area contributed by atoms with Crippen LogP contribution in [0.25, 0.3) is 11.1 Å². The minimum absolute atomic E-state index is 0.00413. The zero-order valence-electron chi connectivity index (χ0n) is 25.6. The molecule has 2 aliphatic heterocycles. The fraction of sp³-hybridized carbons (Fsp3) is 0.263. The average Bonchev–Trinajstić information content (AvgIpc) is 3.31. The van der Waals surface area contributed by atoms with E-state index < -0.39 is 6.29 Å². The largest absolute Gasteiger partial charge is 0.392 e. The number of benzene rings is 4. The standard InChI is InChI=1S/C38H38N2O5/c1-4-21-39(3)23-34-25(2)35(28-15-13-26(24-41)14-16-28)45-38(44-34)29-19-17-27(18-20-29)31-10-6-5-9-30(31)22-40-36(42)32-11-7-8-12-33(32)37(40)43/h4-20,25,34-35,38,41H,1,21-24H2,2-3H3/t25-,34+,35+,38+/m1/s1. The third-order valence-electron chi connectivity index (χ3n) is 8.77. The molecule has 7 nitrogen and oxygen atoms in total. The van der Waals surface area contributed by atoms with Gasteiger partial charge in [0, 0.05) is 24.6 Å². The zero-order chi connectivity index (χ0) is 31.5. The number of aliphatic hydroxyl groups is 1. The number of fused-ring (bicyclic) bond motifs is 1. The third kappa shape index (κ3) is 6.26. The summed E-state index contributed by atoms with van der Waals surface area (Å²) in [4.78, 5) is 29.6. The van der Waals surface area contributed by atoms with Gasteiger partial charge in [0.2, 0.25) is 0 Å². The van der Waals surface area contributed by atoms with Gasteiger partial charge < -0.3 is 19.5 Å². The van der Waals surface area contributed by atoms with E-state index in [0.717, 1.165) is 46.5 Å². The number of ether oxygens (including phenoxy) is 2. The monoisotopic (exact) mass is 602 g/mol. The molecule has 4 aromatic carbocycles. The number of hydrogen-bond donors (Lipinski definition) is 1. The number of aliphatic hydroxyl groups excluding tert-OH is 1. The van der Waals surface area contributed by atoms with Crippen molar-refractivity contribution in [2.24, 2.45) is 5.92 Å². The average molecular weight is 603 g/mol. The molecule has 7 heteroatoms. The quantitative estimate of drug-likeness (QED) is 0.164. The Bertz CT molecular complexity index is 1650. The van der Waals surface area contributed by atoms with Crippen LogP contribution in [-0.2, 0) is 22.6 Å². The Labute approximate surface area is 264 Å². The molecule has 0 aliphatic carbocycles. The van der Waals surface area contributed by atoms with Crippen LogP contribution >= 0.6 is 0 Å². The molecule has 0 spiro atoms. The van der Waals surface area contributed by atoms with Gasteiger partial charge in [-0.15, -0.1) is 6.58 Å². The van der Waals surface area contributed by atoms with Gasteiger partial charge in [0.15, 0.2) is 6.29 Å². The Morgan fingerprint density at radius 1 is 0.822 bits per heavy atom. The number of hydrogen-bond acceptors (Lipinski definition) is 6. The van der Waals surface area contributed by atoms with Gasteiger partial charge >= 0.3 is 0 Å². The molecule has 4 aromatic rings. The van der Waals surface area contributed by atoms with Gasteiger partial charge in [-0.1, -0.05) is 97.9 Å². The van der Waals surface area contributed by atoms with Gasteiger partial charge in [0.25, 0.3) is 11.8 Å². The van der Waals surface area contributed by atoms with E-state index in [0.29, 0.717) is 11.1 Å². The van der Waals surface area contributed by atoms with E-state index in [-0.39, 0.29) is 43.1 Å². The predicted octanol–water partition coefficient (Wildman–Crippen LogP) is 6.55. The maximum Gasteiger partial charge on any atom is 0.261 e. The number of rotatable bonds is 10. The van der Waals surface area contributed by atoms with Crippen molar-refractivity contribution < 1.29 is 24.2 Å². The molecule has 0 aromatic heterocycles. The van der Waals surface area contributed by atoms with Crippen molar-refractivity contribution in [3.8, 4) is 11.1 Å². The molecular weight excluding hydrogens is 564 g/mol. The molecule has 6 rings (SSSR count). The Morgan fingerprint density at radius 3 is 2.04 bits per heavy atom. The first-order chi connectivity index (χ1) is 21.9. The Kier molecular flexibility index (Phi) is 9.05. The van der Waals surface area contributed by atoms with E-state index in [1.807, 2.05) is 78.9 Å². The summed E-state index contributed by atoms with van der Waals surface area (Å²) in [5, 5.41) is 9.53. The van der Waals surface area contributed by atoms with Crippen molar-refractivity contribution in [3.63, 3.8) is 0 Å². The lowest BCUT2D eigenvalue weighted by molar-refractivity contribution is -0.275. The summed E-state index contributed by atoms with van der Waals surface area (Å²) in [5.41, 5.74) is 6.50. The van der Waals surface area contributed by atoms with Crippen LogP contribution in [0, 0.1) is 5.92 Å². The van der Waals surface area contributed by atoms with Crippen LogP contribution in [0.2, 0.25) is 0 Å². The molecule has 0 unspecified atom stereocenters. The topological polar surface area (TPSA) is 79.3 Å². The van der Waals surface area contributed by atoms with Gasteiger partial charge in [-0.3, -0.25) is 14.5 Å². The highest BCUT2D eigenvalue weighted by molar-refractivity contribution is 6.21. The highest BCUT2D eigenvalue weighted by atomic mass is 16.7. The summed E-state index contributed by atoms with van der Waals surface area (Å²) in [6.45, 7) is 7.69. The second-order valence-electron chi connectivity index (χ2n) is 11.9. The maximum atomic E-state index is 13.1. The zero-order valence-corrected chi connectivity index (χ0v) is 25.6. The molecule has 1 N–H and O–H groups in total. The molecule has 2 amide bonds. The van der Waals surface area contributed by atoms with Crippen molar-refractivity contribution in [3.05, 3.63) is 143 Å². The van der Waals surface area contributed by atoms with E-state index in [4.69, 9.17) is 9.47 Å². The second-order valence-corrected chi connectivity index (χ2v) is 11.9. The number of nitrogens with zero attached hydrogens (tertiary/aromatic N) is 2. The van der Waals surface area contributed by atoms with E-state index in [1.165, 1.54) is 4.90 Å². The van der Waals surface area contributed by atoms with Gasteiger partial charge in [0.05, 0.1) is 36.5 Å². The third-order valence-corrected chi connectivity index (χ3v) is 8.77. The summed E-state index contributed by atoms with van der Waals surface area (Å²) in [5.74, 6) is -0.451. The molecule has 2 aliphatic rings. The summed E-state index contributed by atoms with van der Waals surface area (Å²) in [7, 11) is 2.06. The molecule has 0 saturated carbocycles. The first-order valence-electron chi connectivity index (χ1n) is 15.3. The summed E-state index contributed by atoms with van der Waals surface area (Å²) in [6.07, 6.45) is 1.03. The SMILES string of the molecule is C=CCN(C)C[C@@H]1O[C@H](c2ccc(-c3ccccc3CN3C(=O)c4ccccc4C3=O)cc2)O[C@H](c2ccc(CO)cc2)[C@@H]1C. The van der Waals surface area contributed by atoms with E-state index in [2.05, 4.69) is 25.5 Å². The molecule has 1 saturated heterocycles. The van der Waals surface area contributed by atoms with Gasteiger partial charge in [-0.25, -0.2) is 0 Å². The number of likely N-dealkylation sites (N-methyl/N-ethyl adjacent to an activating group) is 1. The van der Waals surface area contributed by atoms with E-state index in [9.17, 15) is 14.7 Å². The molecule has 4 atom stereocenters. The first-order valence-corrected chi connectivity index (χ1v) is 15.3. The Morgan fingerprint density at radius 2 is 1.42 bits per heavy atom. The van der Waals surface area contributed by atoms with Crippen LogP contribution in [0.15, 0.2) is 110 Å². The maximum absolute atomic E-state index is 13.1. The number of carbonyl (C=O) groups is 2. The molecule has 45 heavy (non-hydrogen) atoms. The Hall–Kier alpha value is -4.40. The fourth-order valence-corrected chi connectivity index (χ4v) is 6.24.